The zero-order valence-corrected chi connectivity index (χ0v) is 8.87. The van der Waals surface area contributed by atoms with Gasteiger partial charge in [0.1, 0.15) is 0 Å². The maximum absolute atomic E-state index is 11.9. The first-order valence-corrected chi connectivity index (χ1v) is 6.24. The first-order valence-electron chi connectivity index (χ1n) is 4.58. The van der Waals surface area contributed by atoms with Gasteiger partial charge in [0.15, 0.2) is 9.84 Å². The minimum Gasteiger partial charge on any atom is -0.364 e. The second kappa shape index (κ2) is 3.90. The molecule has 0 aliphatic heterocycles. The van der Waals surface area contributed by atoms with E-state index in [1.54, 1.807) is 48.7 Å². The summed E-state index contributed by atoms with van der Waals surface area (Å²) in [6.07, 6.45) is 1.72. The number of nitrogens with one attached hydrogen (secondary N) is 1. The molecular weight excluding hydrogens is 210 g/mol. The van der Waals surface area contributed by atoms with Crippen molar-refractivity contribution >= 4 is 9.84 Å². The Morgan fingerprint density at radius 3 is 2.33 bits per heavy atom. The predicted molar refractivity (Wildman–Crippen MR) is 58.1 cm³/mol. The molecular formula is C11H11NO2S. The zero-order chi connectivity index (χ0) is 10.7. The van der Waals surface area contributed by atoms with Gasteiger partial charge in [-0.05, 0) is 24.3 Å². The standard InChI is InChI=1S/C11H11NO2S/c13-15(14,9-10-5-4-8-12-10)11-6-2-1-3-7-11/h1-8,12H,9H2. The fraction of sp³-hybridized carbons (Fsp3) is 0.0909. The molecule has 0 aliphatic rings. The van der Waals surface area contributed by atoms with E-state index in [2.05, 4.69) is 4.98 Å². The van der Waals surface area contributed by atoms with Gasteiger partial charge in [-0.1, -0.05) is 18.2 Å². The normalized spacial score (nSPS) is 11.5. The summed E-state index contributed by atoms with van der Waals surface area (Å²) in [6, 6.07) is 12.0. The second-order valence-corrected chi connectivity index (χ2v) is 5.26. The molecule has 15 heavy (non-hydrogen) atoms. The Labute approximate surface area is 88.7 Å². The van der Waals surface area contributed by atoms with Gasteiger partial charge in [-0.15, -0.1) is 0 Å². The van der Waals surface area contributed by atoms with Crippen molar-refractivity contribution in [3.05, 3.63) is 54.4 Å². The largest absolute Gasteiger partial charge is 0.364 e. The third-order valence-electron chi connectivity index (χ3n) is 2.11. The van der Waals surface area contributed by atoms with Gasteiger partial charge in [0.05, 0.1) is 10.6 Å². The highest BCUT2D eigenvalue weighted by molar-refractivity contribution is 7.90. The maximum atomic E-state index is 11.9. The lowest BCUT2D eigenvalue weighted by Crippen LogP contribution is -2.04. The van der Waals surface area contributed by atoms with Crippen molar-refractivity contribution in [2.75, 3.05) is 0 Å². The summed E-state index contributed by atoms with van der Waals surface area (Å²) < 4.78 is 23.8. The van der Waals surface area contributed by atoms with Crippen molar-refractivity contribution < 1.29 is 8.42 Å². The number of benzene rings is 1. The lowest BCUT2D eigenvalue weighted by atomic mass is 10.4. The van der Waals surface area contributed by atoms with Gasteiger partial charge in [-0.2, -0.15) is 0 Å². The number of aromatic nitrogens is 1. The van der Waals surface area contributed by atoms with Crippen molar-refractivity contribution in [2.24, 2.45) is 0 Å². The highest BCUT2D eigenvalue weighted by Crippen LogP contribution is 2.14. The van der Waals surface area contributed by atoms with Crippen LogP contribution in [0.1, 0.15) is 5.69 Å². The van der Waals surface area contributed by atoms with Gasteiger partial charge >= 0.3 is 0 Å². The summed E-state index contributed by atoms with van der Waals surface area (Å²) in [7, 11) is -3.21. The molecule has 0 saturated carbocycles. The summed E-state index contributed by atoms with van der Waals surface area (Å²) in [5.41, 5.74) is 0.707. The minimum absolute atomic E-state index is 0.0179. The van der Waals surface area contributed by atoms with Crippen LogP contribution in [-0.4, -0.2) is 13.4 Å². The fourth-order valence-corrected chi connectivity index (χ4v) is 2.70. The van der Waals surface area contributed by atoms with Crippen molar-refractivity contribution in [1.82, 2.24) is 4.98 Å². The first-order chi connectivity index (χ1) is 7.18. The molecule has 78 valence electrons. The lowest BCUT2D eigenvalue weighted by Gasteiger charge is -2.02. The van der Waals surface area contributed by atoms with Crippen LogP contribution in [0.15, 0.2) is 53.6 Å². The van der Waals surface area contributed by atoms with Gasteiger partial charge in [-0.25, -0.2) is 8.42 Å². The molecule has 3 nitrogen and oxygen atoms in total. The third-order valence-corrected chi connectivity index (χ3v) is 3.79. The molecule has 0 saturated heterocycles. The van der Waals surface area contributed by atoms with E-state index in [0.29, 0.717) is 10.6 Å². The molecule has 0 unspecified atom stereocenters. The minimum atomic E-state index is -3.21. The van der Waals surface area contributed by atoms with Crippen LogP contribution in [0.5, 0.6) is 0 Å². The zero-order valence-electron chi connectivity index (χ0n) is 8.05. The van der Waals surface area contributed by atoms with E-state index in [0.717, 1.165) is 0 Å². The summed E-state index contributed by atoms with van der Waals surface area (Å²) in [4.78, 5) is 3.24. The Hall–Kier alpha value is -1.55. The van der Waals surface area contributed by atoms with E-state index < -0.39 is 9.84 Å². The van der Waals surface area contributed by atoms with Crippen LogP contribution in [0, 0.1) is 0 Å². The highest BCUT2D eigenvalue weighted by atomic mass is 32.2. The topological polar surface area (TPSA) is 49.9 Å². The quantitative estimate of drug-likeness (QED) is 0.861. The number of sulfone groups is 1. The third kappa shape index (κ3) is 2.27. The lowest BCUT2D eigenvalue weighted by molar-refractivity contribution is 0.595. The number of rotatable bonds is 3. The Morgan fingerprint density at radius 1 is 1.00 bits per heavy atom. The van der Waals surface area contributed by atoms with Gasteiger partial charge in [0.25, 0.3) is 0 Å². The number of aromatic amines is 1. The van der Waals surface area contributed by atoms with Crippen molar-refractivity contribution in [3.63, 3.8) is 0 Å². The summed E-state index contributed by atoms with van der Waals surface area (Å²) >= 11 is 0. The number of hydrogen-bond donors (Lipinski definition) is 1. The van der Waals surface area contributed by atoms with E-state index >= 15 is 0 Å². The number of hydrogen-bond acceptors (Lipinski definition) is 2. The van der Waals surface area contributed by atoms with Crippen LogP contribution < -0.4 is 0 Å². The van der Waals surface area contributed by atoms with Crippen LogP contribution in [0.3, 0.4) is 0 Å². The van der Waals surface area contributed by atoms with Gasteiger partial charge in [0.2, 0.25) is 0 Å². The Bertz CT molecular complexity index is 515. The molecule has 2 rings (SSSR count). The summed E-state index contributed by atoms with van der Waals surface area (Å²) in [6.45, 7) is 0. The smallest absolute Gasteiger partial charge is 0.183 e. The molecule has 4 heteroatoms. The molecule has 0 fully saturated rings. The van der Waals surface area contributed by atoms with E-state index in [9.17, 15) is 8.42 Å². The molecule has 2 aromatic rings. The Balaban J connectivity index is 2.29. The molecule has 0 radical (unpaired) electrons. The van der Waals surface area contributed by atoms with Crippen LogP contribution in [0.4, 0.5) is 0 Å². The van der Waals surface area contributed by atoms with Gasteiger partial charge in [0, 0.05) is 11.9 Å². The molecule has 1 aromatic heterocycles. The monoisotopic (exact) mass is 221 g/mol. The summed E-state index contributed by atoms with van der Waals surface area (Å²) in [5, 5.41) is 0. The van der Waals surface area contributed by atoms with Crippen molar-refractivity contribution in [1.29, 1.82) is 0 Å². The molecule has 1 aromatic carbocycles. The van der Waals surface area contributed by atoms with Crippen LogP contribution in [-0.2, 0) is 15.6 Å². The SMILES string of the molecule is O=S(=O)(Cc1ccc[nH]1)c1ccccc1. The number of H-pyrrole nitrogens is 1. The molecule has 0 atom stereocenters. The van der Waals surface area contributed by atoms with E-state index in [4.69, 9.17) is 0 Å². The van der Waals surface area contributed by atoms with Crippen LogP contribution >= 0.6 is 0 Å². The fourth-order valence-electron chi connectivity index (χ4n) is 1.37. The molecule has 1 N–H and O–H groups in total. The summed E-state index contributed by atoms with van der Waals surface area (Å²) in [5.74, 6) is 0.0179. The molecule has 0 spiro atoms. The molecule has 0 amide bonds. The van der Waals surface area contributed by atoms with Crippen molar-refractivity contribution in [3.8, 4) is 0 Å². The Morgan fingerprint density at radius 2 is 1.73 bits per heavy atom. The maximum Gasteiger partial charge on any atom is 0.183 e. The molecule has 1 heterocycles. The van der Waals surface area contributed by atoms with Crippen LogP contribution in [0.2, 0.25) is 0 Å². The highest BCUT2D eigenvalue weighted by Gasteiger charge is 2.14. The molecule has 0 bridgehead atoms. The van der Waals surface area contributed by atoms with Gasteiger partial charge in [-0.3, -0.25) is 0 Å². The predicted octanol–water partition coefficient (Wildman–Crippen LogP) is 1.99. The average Bonchev–Trinajstić information content (AvgIpc) is 2.71. The van der Waals surface area contributed by atoms with Gasteiger partial charge < -0.3 is 4.98 Å². The van der Waals surface area contributed by atoms with E-state index in [1.807, 2.05) is 0 Å². The van der Waals surface area contributed by atoms with E-state index in [1.165, 1.54) is 0 Å². The Kier molecular flexibility index (Phi) is 2.60. The first kappa shape index (κ1) is 9.98. The second-order valence-electron chi connectivity index (χ2n) is 3.27. The molecule has 0 aliphatic carbocycles. The van der Waals surface area contributed by atoms with E-state index in [-0.39, 0.29) is 5.75 Å². The van der Waals surface area contributed by atoms with Crippen LogP contribution in [0.25, 0.3) is 0 Å². The van der Waals surface area contributed by atoms with Crippen molar-refractivity contribution in [2.45, 2.75) is 10.6 Å². The average molecular weight is 221 g/mol.